The second-order valence-electron chi connectivity index (χ2n) is 7.62. The number of ether oxygens (including phenoxy) is 3. The average molecular weight is 513 g/mol. The van der Waals surface area contributed by atoms with Gasteiger partial charge >= 0.3 is 5.97 Å². The number of rotatable bonds is 7. The molecule has 1 aliphatic heterocycles. The van der Waals surface area contributed by atoms with Gasteiger partial charge in [-0.05, 0) is 60.0 Å². The summed E-state index contributed by atoms with van der Waals surface area (Å²) in [5.74, 6) is 1.24. The first-order chi connectivity index (χ1) is 15.9. The lowest BCUT2D eigenvalue weighted by Gasteiger charge is -2.28. The molecule has 1 aliphatic rings. The third-order valence-electron chi connectivity index (χ3n) is 5.36. The van der Waals surface area contributed by atoms with Crippen LogP contribution in [-0.2, 0) is 16.1 Å². The van der Waals surface area contributed by atoms with E-state index < -0.39 is 12.0 Å². The van der Waals surface area contributed by atoms with Crippen molar-refractivity contribution in [2.45, 2.75) is 33.4 Å². The molecule has 0 fully saturated rings. The predicted molar refractivity (Wildman–Crippen MR) is 127 cm³/mol. The number of hydrogen-bond acceptors (Lipinski definition) is 7. The topological polar surface area (TPSA) is 87.5 Å². The lowest BCUT2D eigenvalue weighted by molar-refractivity contribution is -0.139. The summed E-state index contributed by atoms with van der Waals surface area (Å²) in [4.78, 5) is 17.1. The molecular formula is C24H25BrN4O4. The first kappa shape index (κ1) is 22.8. The Morgan fingerprint density at radius 1 is 1.21 bits per heavy atom. The van der Waals surface area contributed by atoms with Crippen LogP contribution in [0.25, 0.3) is 0 Å². The molecule has 0 radical (unpaired) electrons. The van der Waals surface area contributed by atoms with Crippen LogP contribution in [-0.4, -0.2) is 34.5 Å². The number of esters is 1. The Kier molecular flexibility index (Phi) is 6.69. The summed E-state index contributed by atoms with van der Waals surface area (Å²) in [6.45, 7) is 6.31. The van der Waals surface area contributed by atoms with Crippen LogP contribution in [0, 0.1) is 6.92 Å². The number of fused-ring (bicyclic) bond motifs is 1. The maximum Gasteiger partial charge on any atom is 0.338 e. The number of aryl methyl sites for hydroxylation is 1. The zero-order valence-corrected chi connectivity index (χ0v) is 20.5. The van der Waals surface area contributed by atoms with E-state index in [1.165, 1.54) is 11.9 Å². The number of aromatic nitrogens is 3. The van der Waals surface area contributed by atoms with E-state index in [2.05, 4.69) is 31.3 Å². The number of carbonyl (C=O) groups is 1. The quantitative estimate of drug-likeness (QED) is 0.455. The SMILES string of the molecule is CCOC(=O)C1=C(C)Nc2ncnn2[C@H]1c1cc(Br)c(OCc2ccc(C)cc2)c(OC)c1. The van der Waals surface area contributed by atoms with Crippen LogP contribution in [0.15, 0.2) is 58.5 Å². The van der Waals surface area contributed by atoms with Crippen molar-refractivity contribution in [2.24, 2.45) is 0 Å². The molecule has 1 aromatic heterocycles. The van der Waals surface area contributed by atoms with Crippen molar-refractivity contribution in [3.8, 4) is 11.5 Å². The van der Waals surface area contributed by atoms with Crippen LogP contribution in [0.4, 0.5) is 5.95 Å². The molecule has 0 aliphatic carbocycles. The Morgan fingerprint density at radius 2 is 1.97 bits per heavy atom. The van der Waals surface area contributed by atoms with E-state index in [-0.39, 0.29) is 6.61 Å². The number of halogens is 1. The van der Waals surface area contributed by atoms with Gasteiger partial charge in [0.15, 0.2) is 11.5 Å². The van der Waals surface area contributed by atoms with Crippen molar-refractivity contribution >= 4 is 27.8 Å². The van der Waals surface area contributed by atoms with Gasteiger partial charge < -0.3 is 19.5 Å². The molecule has 0 spiro atoms. The Balaban J connectivity index is 1.72. The Hall–Kier alpha value is -3.33. The first-order valence-corrected chi connectivity index (χ1v) is 11.3. The van der Waals surface area contributed by atoms with Crippen molar-refractivity contribution in [1.29, 1.82) is 0 Å². The highest BCUT2D eigenvalue weighted by Crippen LogP contribution is 2.43. The summed E-state index contributed by atoms with van der Waals surface area (Å²) in [6, 6.07) is 11.4. The Bertz CT molecular complexity index is 1200. The molecule has 0 unspecified atom stereocenters. The fraction of sp³-hybridized carbons (Fsp3) is 0.292. The van der Waals surface area contributed by atoms with E-state index in [0.29, 0.717) is 39.8 Å². The summed E-state index contributed by atoms with van der Waals surface area (Å²) < 4.78 is 19.4. The molecule has 33 heavy (non-hydrogen) atoms. The zero-order chi connectivity index (χ0) is 23.5. The van der Waals surface area contributed by atoms with Gasteiger partial charge in [0.05, 0.1) is 23.8 Å². The van der Waals surface area contributed by atoms with Crippen LogP contribution < -0.4 is 14.8 Å². The number of nitrogens with zero attached hydrogens (tertiary/aromatic N) is 3. The molecule has 3 aromatic rings. The Labute approximate surface area is 200 Å². The maximum atomic E-state index is 12.9. The highest BCUT2D eigenvalue weighted by Gasteiger charge is 2.35. The molecule has 2 aromatic carbocycles. The summed E-state index contributed by atoms with van der Waals surface area (Å²) in [5, 5.41) is 7.47. The zero-order valence-electron chi connectivity index (χ0n) is 18.9. The lowest BCUT2D eigenvalue weighted by Crippen LogP contribution is -2.29. The van der Waals surface area contributed by atoms with Crippen molar-refractivity contribution in [3.63, 3.8) is 0 Å². The normalized spacial score (nSPS) is 15.0. The number of carbonyl (C=O) groups excluding carboxylic acids is 1. The molecule has 9 heteroatoms. The third-order valence-corrected chi connectivity index (χ3v) is 5.95. The minimum atomic E-state index is -0.542. The molecule has 0 saturated heterocycles. The van der Waals surface area contributed by atoms with Crippen LogP contribution in [0.5, 0.6) is 11.5 Å². The number of nitrogens with one attached hydrogen (secondary N) is 1. The third kappa shape index (κ3) is 4.59. The standard InChI is InChI=1S/C24H25BrN4O4/c1-5-32-23(30)20-15(3)28-24-26-13-27-29(24)21(20)17-10-18(25)22(19(11-17)31-4)33-12-16-8-6-14(2)7-9-16/h6-11,13,21H,5,12H2,1-4H3,(H,26,27,28)/t21-/m0/s1. The monoisotopic (exact) mass is 512 g/mol. The van der Waals surface area contributed by atoms with Crippen molar-refractivity contribution in [2.75, 3.05) is 19.0 Å². The largest absolute Gasteiger partial charge is 0.493 e. The molecule has 4 rings (SSSR count). The summed E-state index contributed by atoms with van der Waals surface area (Å²) in [6.07, 6.45) is 1.45. The van der Waals surface area contributed by atoms with Gasteiger partial charge in [0, 0.05) is 5.70 Å². The summed E-state index contributed by atoms with van der Waals surface area (Å²) >= 11 is 3.63. The highest BCUT2D eigenvalue weighted by atomic mass is 79.9. The second-order valence-corrected chi connectivity index (χ2v) is 8.48. The number of methoxy groups -OCH3 is 1. The number of benzene rings is 2. The average Bonchev–Trinajstić information content (AvgIpc) is 3.26. The van der Waals surface area contributed by atoms with Gasteiger partial charge in [-0.1, -0.05) is 29.8 Å². The predicted octanol–water partition coefficient (Wildman–Crippen LogP) is 4.79. The van der Waals surface area contributed by atoms with Crippen molar-refractivity contribution in [3.05, 3.63) is 75.2 Å². The van der Waals surface area contributed by atoms with E-state index in [0.717, 1.165) is 11.1 Å². The minimum Gasteiger partial charge on any atom is -0.493 e. The van der Waals surface area contributed by atoms with Gasteiger partial charge in [0.1, 0.15) is 19.0 Å². The molecule has 1 atom stereocenters. The summed E-state index contributed by atoms with van der Waals surface area (Å²) in [5.41, 5.74) is 4.13. The molecule has 0 saturated carbocycles. The van der Waals surface area contributed by atoms with E-state index in [4.69, 9.17) is 14.2 Å². The molecule has 2 heterocycles. The fourth-order valence-electron chi connectivity index (χ4n) is 3.75. The number of anilines is 1. The molecule has 8 nitrogen and oxygen atoms in total. The van der Waals surface area contributed by atoms with E-state index in [9.17, 15) is 4.79 Å². The summed E-state index contributed by atoms with van der Waals surface area (Å²) in [7, 11) is 1.58. The molecule has 0 amide bonds. The van der Waals surface area contributed by atoms with Gasteiger partial charge in [-0.15, -0.1) is 0 Å². The van der Waals surface area contributed by atoms with Crippen molar-refractivity contribution < 1.29 is 19.0 Å². The first-order valence-electron chi connectivity index (χ1n) is 10.5. The van der Waals surface area contributed by atoms with Gasteiger partial charge in [-0.25, -0.2) is 9.48 Å². The Morgan fingerprint density at radius 3 is 2.67 bits per heavy atom. The van der Waals surface area contributed by atoms with Gasteiger partial charge in [-0.2, -0.15) is 10.1 Å². The number of allylic oxidation sites excluding steroid dienone is 1. The van der Waals surface area contributed by atoms with Crippen molar-refractivity contribution in [1.82, 2.24) is 14.8 Å². The van der Waals surface area contributed by atoms with Crippen LogP contribution >= 0.6 is 15.9 Å². The van der Waals surface area contributed by atoms with Gasteiger partial charge in [0.25, 0.3) is 0 Å². The minimum absolute atomic E-state index is 0.269. The lowest BCUT2D eigenvalue weighted by atomic mass is 9.95. The van der Waals surface area contributed by atoms with E-state index >= 15 is 0 Å². The molecule has 0 bridgehead atoms. The van der Waals surface area contributed by atoms with Gasteiger partial charge in [-0.3, -0.25) is 0 Å². The second kappa shape index (κ2) is 9.66. The fourth-order valence-corrected chi connectivity index (χ4v) is 4.32. The smallest absolute Gasteiger partial charge is 0.338 e. The van der Waals surface area contributed by atoms with Gasteiger partial charge in [0.2, 0.25) is 5.95 Å². The number of hydrogen-bond donors (Lipinski definition) is 1. The maximum absolute atomic E-state index is 12.9. The molecule has 172 valence electrons. The van der Waals surface area contributed by atoms with Crippen LogP contribution in [0.1, 0.15) is 36.6 Å². The van der Waals surface area contributed by atoms with E-state index in [1.54, 1.807) is 18.7 Å². The van der Waals surface area contributed by atoms with Crippen LogP contribution in [0.2, 0.25) is 0 Å². The van der Waals surface area contributed by atoms with Crippen LogP contribution in [0.3, 0.4) is 0 Å². The highest BCUT2D eigenvalue weighted by molar-refractivity contribution is 9.10. The molecule has 1 N–H and O–H groups in total. The molecular weight excluding hydrogens is 488 g/mol. The van der Waals surface area contributed by atoms with E-state index in [1.807, 2.05) is 50.2 Å².